The summed E-state index contributed by atoms with van der Waals surface area (Å²) in [6.45, 7) is 2.76. The number of rotatable bonds is 9. The molecule has 2 fully saturated rings. The van der Waals surface area contributed by atoms with Gasteiger partial charge in [0.15, 0.2) is 0 Å². The molecular formula is C22H33ClN8O4S. The summed E-state index contributed by atoms with van der Waals surface area (Å²) in [6, 6.07) is 8.17. The number of nitrogen functional groups attached to an aromatic ring is 1. The number of ether oxygens (including phenoxy) is 1. The Kier molecular flexibility index (Phi) is 8.67. The van der Waals surface area contributed by atoms with Crippen molar-refractivity contribution >= 4 is 39.4 Å². The number of carbonyl (C=O) groups excluding carboxylic acids is 1. The minimum Gasteiger partial charge on any atom is -0.368 e. The molecule has 198 valence electrons. The number of hydrogen-bond acceptors (Lipinski definition) is 9. The summed E-state index contributed by atoms with van der Waals surface area (Å²) < 4.78 is 30.8. The number of morpholine rings is 1. The number of halogens is 1. The van der Waals surface area contributed by atoms with Crippen LogP contribution in [0.2, 0.25) is 5.02 Å². The third-order valence-corrected chi connectivity index (χ3v) is 7.49. The highest BCUT2D eigenvalue weighted by molar-refractivity contribution is 7.88. The molecule has 2 atom stereocenters. The Morgan fingerprint density at radius 3 is 2.61 bits per heavy atom. The average molecular weight is 541 g/mol. The molecule has 5 N–H and O–H groups in total. The van der Waals surface area contributed by atoms with Crippen molar-refractivity contribution in [1.82, 2.24) is 30.1 Å². The van der Waals surface area contributed by atoms with E-state index < -0.39 is 16.1 Å². The van der Waals surface area contributed by atoms with Gasteiger partial charge >= 0.3 is 0 Å². The summed E-state index contributed by atoms with van der Waals surface area (Å²) in [4.78, 5) is 21.5. The molecule has 2 aliphatic heterocycles. The first-order valence-corrected chi connectivity index (χ1v) is 14.2. The van der Waals surface area contributed by atoms with Crippen molar-refractivity contribution in [3.8, 4) is 0 Å². The quantitative estimate of drug-likeness (QED) is 0.321. The Hall–Kier alpha value is -2.45. The van der Waals surface area contributed by atoms with Crippen molar-refractivity contribution in [2.75, 3.05) is 56.2 Å². The van der Waals surface area contributed by atoms with Gasteiger partial charge < -0.3 is 20.7 Å². The summed E-state index contributed by atoms with van der Waals surface area (Å²) >= 11 is 6.06. The van der Waals surface area contributed by atoms with Crippen LogP contribution in [-0.4, -0.2) is 98.2 Å². The van der Waals surface area contributed by atoms with E-state index in [1.165, 1.54) is 0 Å². The number of piperidine rings is 1. The molecule has 0 bridgehead atoms. The van der Waals surface area contributed by atoms with E-state index in [0.29, 0.717) is 30.1 Å². The van der Waals surface area contributed by atoms with Gasteiger partial charge in [0.25, 0.3) is 5.91 Å². The number of nitrogens with one attached hydrogen (secondary N) is 3. The maximum absolute atomic E-state index is 12.8. The lowest BCUT2D eigenvalue weighted by Crippen LogP contribution is -2.60. The number of H-pyrrole nitrogens is 1. The minimum absolute atomic E-state index is 0.109. The van der Waals surface area contributed by atoms with Gasteiger partial charge in [0.05, 0.1) is 12.9 Å². The topological polar surface area (TPSA) is 159 Å². The fraction of sp³-hybridized carbons (Fsp3) is 0.591. The summed E-state index contributed by atoms with van der Waals surface area (Å²) in [5, 5.41) is 10.3. The molecule has 1 aromatic carbocycles. The van der Waals surface area contributed by atoms with Crippen LogP contribution in [0.5, 0.6) is 0 Å². The van der Waals surface area contributed by atoms with E-state index in [9.17, 15) is 13.2 Å². The zero-order valence-electron chi connectivity index (χ0n) is 20.2. The normalized spacial score (nSPS) is 22.0. The number of anilines is 2. The summed E-state index contributed by atoms with van der Waals surface area (Å²) in [5.41, 5.74) is 6.83. The van der Waals surface area contributed by atoms with Gasteiger partial charge in [-0.05, 0) is 37.0 Å². The number of hydrogen-bond donors (Lipinski definition) is 4. The molecule has 1 aromatic heterocycles. The molecule has 0 aliphatic carbocycles. The summed E-state index contributed by atoms with van der Waals surface area (Å²) in [6.07, 6.45) is 3.01. The lowest BCUT2D eigenvalue weighted by atomic mass is 9.96. The van der Waals surface area contributed by atoms with Crippen molar-refractivity contribution in [1.29, 1.82) is 0 Å². The number of nitrogens with two attached hydrogens (primary N) is 1. The molecule has 14 heteroatoms. The summed E-state index contributed by atoms with van der Waals surface area (Å²) in [7, 11) is -3.30. The van der Waals surface area contributed by atoms with E-state index in [-0.39, 0.29) is 31.1 Å². The number of aromatic nitrogens is 3. The van der Waals surface area contributed by atoms with Crippen LogP contribution in [0.3, 0.4) is 0 Å². The van der Waals surface area contributed by atoms with E-state index in [2.05, 4.69) is 35.0 Å². The number of benzene rings is 1. The molecule has 1 amide bonds. The van der Waals surface area contributed by atoms with Crippen LogP contribution in [-0.2, 0) is 26.0 Å². The maximum Gasteiger partial charge on any atom is 0.250 e. The van der Waals surface area contributed by atoms with Gasteiger partial charge in [0.1, 0.15) is 6.10 Å². The first-order valence-electron chi connectivity index (χ1n) is 11.9. The average Bonchev–Trinajstić information content (AvgIpc) is 3.29. The molecule has 36 heavy (non-hydrogen) atoms. The van der Waals surface area contributed by atoms with Gasteiger partial charge in [-0.2, -0.15) is 4.98 Å². The number of carbonyl (C=O) groups is 1. The second-order valence-electron chi connectivity index (χ2n) is 9.20. The molecule has 12 nitrogen and oxygen atoms in total. The Morgan fingerprint density at radius 2 is 1.97 bits per heavy atom. The van der Waals surface area contributed by atoms with Crippen LogP contribution in [0.15, 0.2) is 24.3 Å². The third-order valence-electron chi connectivity index (χ3n) is 6.51. The molecule has 0 saturated carbocycles. The smallest absolute Gasteiger partial charge is 0.250 e. The highest BCUT2D eigenvalue weighted by atomic mass is 35.5. The van der Waals surface area contributed by atoms with Crippen molar-refractivity contribution in [2.45, 2.75) is 37.5 Å². The molecule has 2 aromatic rings. The molecule has 2 aliphatic rings. The number of amides is 1. The number of aromatic amines is 1. The fourth-order valence-corrected chi connectivity index (χ4v) is 5.33. The van der Waals surface area contributed by atoms with Crippen molar-refractivity contribution < 1.29 is 17.9 Å². The Morgan fingerprint density at radius 1 is 1.25 bits per heavy atom. The van der Waals surface area contributed by atoms with Gasteiger partial charge in [-0.25, -0.2) is 18.2 Å². The Bertz CT molecular complexity index is 1120. The van der Waals surface area contributed by atoms with E-state index in [4.69, 9.17) is 22.1 Å². The minimum atomic E-state index is -3.30. The first-order chi connectivity index (χ1) is 17.2. The largest absolute Gasteiger partial charge is 0.368 e. The van der Waals surface area contributed by atoms with Gasteiger partial charge in [0.2, 0.25) is 21.9 Å². The lowest BCUT2D eigenvalue weighted by molar-refractivity contribution is -0.145. The molecule has 3 heterocycles. The third kappa shape index (κ3) is 7.29. The zero-order chi connectivity index (χ0) is 25.7. The van der Waals surface area contributed by atoms with Crippen molar-refractivity contribution in [3.63, 3.8) is 0 Å². The highest BCUT2D eigenvalue weighted by Crippen LogP contribution is 2.27. The molecule has 0 unspecified atom stereocenters. The van der Waals surface area contributed by atoms with E-state index in [0.717, 1.165) is 44.2 Å². The highest BCUT2D eigenvalue weighted by Gasteiger charge is 2.38. The van der Waals surface area contributed by atoms with Gasteiger partial charge in [-0.15, -0.1) is 5.10 Å². The van der Waals surface area contributed by atoms with Crippen LogP contribution in [0, 0.1) is 0 Å². The Balaban J connectivity index is 1.39. The SMILES string of the molecule is CS(=O)(=O)NCCNC(=O)[C@H]1CN(C2CCN(c3n[nH]c(N)n3)CC2)[C@@H](Cc2ccc(Cl)cc2)CO1. The van der Waals surface area contributed by atoms with Crippen molar-refractivity contribution in [2.24, 2.45) is 0 Å². The van der Waals surface area contributed by atoms with Crippen molar-refractivity contribution in [3.05, 3.63) is 34.9 Å². The van der Waals surface area contributed by atoms with Crippen LogP contribution in [0.25, 0.3) is 0 Å². The number of sulfonamides is 1. The first kappa shape index (κ1) is 26.6. The fourth-order valence-electron chi connectivity index (χ4n) is 4.73. The van der Waals surface area contributed by atoms with Crippen LogP contribution >= 0.6 is 11.6 Å². The molecule has 4 rings (SSSR count). The standard InChI is InChI=1S/C22H33ClN8O4S/c1-36(33,34)26-9-8-25-20(32)19-13-31(18(14-35-19)12-15-2-4-16(23)5-3-15)17-6-10-30(11-7-17)22-27-21(24)28-29-22/h2-5,17-19,26H,6-14H2,1H3,(H,25,32)(H3,24,27,28,29)/t18-,19+/m0/s1. The lowest BCUT2D eigenvalue weighted by Gasteiger charge is -2.46. The number of nitrogens with zero attached hydrogens (tertiary/aromatic N) is 4. The van der Waals surface area contributed by atoms with Gasteiger partial charge in [-0.1, -0.05) is 23.7 Å². The van der Waals surface area contributed by atoms with Crippen LogP contribution < -0.4 is 20.7 Å². The van der Waals surface area contributed by atoms with Crippen LogP contribution in [0.4, 0.5) is 11.9 Å². The van der Waals surface area contributed by atoms with E-state index in [1.54, 1.807) is 0 Å². The molecule has 2 saturated heterocycles. The Labute approximate surface area is 216 Å². The predicted octanol–water partition coefficient (Wildman–Crippen LogP) is -0.0134. The molecular weight excluding hydrogens is 508 g/mol. The van der Waals surface area contributed by atoms with E-state index >= 15 is 0 Å². The summed E-state index contributed by atoms with van der Waals surface area (Å²) in [5.74, 6) is 0.656. The molecule has 0 radical (unpaired) electrons. The predicted molar refractivity (Wildman–Crippen MR) is 137 cm³/mol. The second kappa shape index (κ2) is 11.7. The second-order valence-corrected chi connectivity index (χ2v) is 11.5. The maximum atomic E-state index is 12.8. The van der Waals surface area contributed by atoms with E-state index in [1.807, 2.05) is 24.3 Å². The monoisotopic (exact) mass is 540 g/mol. The molecule has 0 spiro atoms. The van der Waals surface area contributed by atoms with Gasteiger partial charge in [-0.3, -0.25) is 9.69 Å². The van der Waals surface area contributed by atoms with Crippen LogP contribution in [0.1, 0.15) is 18.4 Å². The van der Waals surface area contributed by atoms with Gasteiger partial charge in [0, 0.05) is 49.8 Å². The zero-order valence-corrected chi connectivity index (χ0v) is 21.8.